The second-order valence-electron chi connectivity index (χ2n) is 9.39. The maximum Gasteiger partial charge on any atom is 0.338 e. The number of fused-ring (bicyclic) bond motifs is 1. The Morgan fingerprint density at radius 2 is 1.75 bits per heavy atom. The van der Waals surface area contributed by atoms with Crippen molar-refractivity contribution >= 4 is 23.3 Å². The van der Waals surface area contributed by atoms with Gasteiger partial charge in [-0.1, -0.05) is 52.5 Å². The molecule has 0 spiro atoms. The van der Waals surface area contributed by atoms with Gasteiger partial charge >= 0.3 is 5.97 Å². The van der Waals surface area contributed by atoms with E-state index in [2.05, 4.69) is 39.6 Å². The molecule has 2 aromatic carbocycles. The van der Waals surface area contributed by atoms with Gasteiger partial charge in [0.25, 0.3) is 11.7 Å². The molecule has 0 bridgehead atoms. The van der Waals surface area contributed by atoms with E-state index in [1.54, 1.807) is 12.1 Å². The van der Waals surface area contributed by atoms with Crippen molar-refractivity contribution < 1.29 is 23.5 Å². The van der Waals surface area contributed by atoms with E-state index in [4.69, 9.17) is 4.74 Å². The van der Waals surface area contributed by atoms with Crippen molar-refractivity contribution in [2.24, 2.45) is 0 Å². The number of halogens is 1. The minimum absolute atomic E-state index is 0.00219. The van der Waals surface area contributed by atoms with Crippen molar-refractivity contribution in [3.63, 3.8) is 0 Å². The minimum Gasteiger partial charge on any atom is -0.458 e. The first kappa shape index (κ1) is 23.4. The number of Topliss-reactive ketones (excluding diaryl/α,β-unsaturated/α-hetero) is 1. The van der Waals surface area contributed by atoms with Crippen LogP contribution in [-0.4, -0.2) is 24.3 Å². The third kappa shape index (κ3) is 4.64. The number of rotatable bonds is 6. The first-order valence-corrected chi connectivity index (χ1v) is 10.5. The van der Waals surface area contributed by atoms with Crippen molar-refractivity contribution in [1.82, 2.24) is 0 Å². The average Bonchev–Trinajstić information content (AvgIpc) is 2.75. The van der Waals surface area contributed by atoms with Crippen LogP contribution in [0.5, 0.6) is 0 Å². The van der Waals surface area contributed by atoms with Crippen LogP contribution < -0.4 is 5.32 Å². The molecule has 1 aliphatic rings. The van der Waals surface area contributed by atoms with Crippen molar-refractivity contribution in [1.29, 1.82) is 0 Å². The van der Waals surface area contributed by atoms with Crippen molar-refractivity contribution in [3.05, 3.63) is 77.1 Å². The molecular formula is C26H28FNO4. The van der Waals surface area contributed by atoms with Gasteiger partial charge in [0.1, 0.15) is 12.4 Å². The summed E-state index contributed by atoms with van der Waals surface area (Å²) in [7, 11) is 0. The number of benzene rings is 2. The van der Waals surface area contributed by atoms with Gasteiger partial charge in [-0.05, 0) is 59.1 Å². The molecule has 5 nitrogen and oxygen atoms in total. The Labute approximate surface area is 187 Å². The number of amides is 1. The van der Waals surface area contributed by atoms with Gasteiger partial charge in [0, 0.05) is 5.56 Å². The fraction of sp³-hybridized carbons (Fsp3) is 0.346. The summed E-state index contributed by atoms with van der Waals surface area (Å²) in [6.07, 6.45) is 3.41. The van der Waals surface area contributed by atoms with Crippen LogP contribution in [0.4, 0.5) is 10.1 Å². The van der Waals surface area contributed by atoms with Crippen LogP contribution in [0.1, 0.15) is 72.4 Å². The number of nitrogens with one attached hydrogen (secondary N) is 1. The van der Waals surface area contributed by atoms with Gasteiger partial charge in [-0.25, -0.2) is 9.18 Å². The Hall–Kier alpha value is -3.28. The highest BCUT2D eigenvalue weighted by Crippen LogP contribution is 2.45. The lowest BCUT2D eigenvalue weighted by molar-refractivity contribution is -0.112. The van der Waals surface area contributed by atoms with Crippen LogP contribution in [0.2, 0.25) is 0 Å². The van der Waals surface area contributed by atoms with Crippen molar-refractivity contribution in [3.8, 4) is 0 Å². The van der Waals surface area contributed by atoms with Crippen LogP contribution in [0.3, 0.4) is 0 Å². The molecule has 32 heavy (non-hydrogen) atoms. The number of ketones is 1. The van der Waals surface area contributed by atoms with Crippen LogP contribution in [0.15, 0.2) is 49.1 Å². The van der Waals surface area contributed by atoms with E-state index in [1.807, 2.05) is 6.07 Å². The molecule has 2 aromatic rings. The first-order valence-electron chi connectivity index (χ1n) is 10.5. The molecule has 0 saturated carbocycles. The third-order valence-corrected chi connectivity index (χ3v) is 6.11. The summed E-state index contributed by atoms with van der Waals surface area (Å²) in [5.74, 6) is -3.25. The Morgan fingerprint density at radius 3 is 2.38 bits per heavy atom. The molecule has 0 unspecified atom stereocenters. The molecule has 0 aromatic heterocycles. The summed E-state index contributed by atoms with van der Waals surface area (Å²) >= 11 is 0. The van der Waals surface area contributed by atoms with E-state index in [-0.39, 0.29) is 34.3 Å². The predicted molar refractivity (Wildman–Crippen MR) is 122 cm³/mol. The maximum atomic E-state index is 14.4. The molecule has 0 fully saturated rings. The fourth-order valence-corrected chi connectivity index (χ4v) is 4.00. The highest BCUT2D eigenvalue weighted by Gasteiger charge is 2.37. The molecule has 168 valence electrons. The lowest BCUT2D eigenvalue weighted by Crippen LogP contribution is -2.34. The molecule has 0 aliphatic heterocycles. The van der Waals surface area contributed by atoms with Crippen LogP contribution in [-0.2, 0) is 20.4 Å². The summed E-state index contributed by atoms with van der Waals surface area (Å²) in [5, 5.41) is 2.30. The van der Waals surface area contributed by atoms with Gasteiger partial charge in [-0.15, -0.1) is 0 Å². The zero-order valence-electron chi connectivity index (χ0n) is 18.9. The van der Waals surface area contributed by atoms with E-state index in [0.717, 1.165) is 24.5 Å². The first-order chi connectivity index (χ1) is 15.0. The standard InChI is InChI=1S/C26H28FNO4/c1-6-13-32-24(31)17-8-10-21(20(27)15-17)28-23(30)22(29)16-7-9-18-19(14-16)26(4,5)12-11-25(18,2)3/h6-10,14-15H,1,11-13H2,2-5H3,(H,28,30)/i22+2,23+2. The summed E-state index contributed by atoms with van der Waals surface area (Å²) in [6, 6.07) is 8.85. The SMILES string of the molecule is C=CCOC(=O)c1ccc(N[14C](=O)[14C](=O)c2ccc3c(c2)C(C)(C)CCC3(C)C)c(F)c1. The van der Waals surface area contributed by atoms with Gasteiger partial charge < -0.3 is 10.1 Å². The van der Waals surface area contributed by atoms with Gasteiger partial charge in [0.05, 0.1) is 11.3 Å². The molecule has 3 rings (SSSR count). The number of hydrogen-bond acceptors (Lipinski definition) is 4. The number of carbonyl (C=O) groups is 3. The molecule has 0 radical (unpaired) electrons. The molecule has 0 heterocycles. The summed E-state index contributed by atoms with van der Waals surface area (Å²) < 4.78 is 19.3. The molecular weight excluding hydrogens is 413 g/mol. The highest BCUT2D eigenvalue weighted by molar-refractivity contribution is 6.46. The molecule has 1 N–H and O–H groups in total. The van der Waals surface area contributed by atoms with E-state index < -0.39 is 23.5 Å². The molecule has 0 saturated heterocycles. The molecule has 0 atom stereocenters. The topological polar surface area (TPSA) is 72.5 Å². The quantitative estimate of drug-likeness (QED) is 0.284. The Bertz CT molecular complexity index is 1100. The van der Waals surface area contributed by atoms with Crippen molar-refractivity contribution in [2.75, 3.05) is 11.9 Å². The van der Waals surface area contributed by atoms with Crippen LogP contribution in [0.25, 0.3) is 0 Å². The number of hydrogen-bond donors (Lipinski definition) is 1. The summed E-state index contributed by atoms with van der Waals surface area (Å²) in [5.41, 5.74) is 2.18. The molecule has 1 aliphatic carbocycles. The lowest BCUT2D eigenvalue weighted by atomic mass is 9.63. The van der Waals surface area contributed by atoms with E-state index in [1.165, 1.54) is 23.8 Å². The Kier molecular flexibility index (Phi) is 6.35. The van der Waals surface area contributed by atoms with Gasteiger partial charge in [0.15, 0.2) is 0 Å². The average molecular weight is 441 g/mol. The number of esters is 1. The van der Waals surface area contributed by atoms with Crippen LogP contribution >= 0.6 is 0 Å². The number of anilines is 1. The van der Waals surface area contributed by atoms with Crippen LogP contribution in [0, 0.1) is 5.82 Å². The highest BCUT2D eigenvalue weighted by atomic mass is 19.1. The zero-order chi connectivity index (χ0) is 23.7. The molecule has 1 amide bonds. The van der Waals surface area contributed by atoms with E-state index >= 15 is 0 Å². The molecule has 6 heteroatoms. The largest absolute Gasteiger partial charge is 0.458 e. The van der Waals surface area contributed by atoms with Gasteiger partial charge in [-0.2, -0.15) is 0 Å². The van der Waals surface area contributed by atoms with Gasteiger partial charge in [0.2, 0.25) is 0 Å². The summed E-state index contributed by atoms with van der Waals surface area (Å²) in [6.45, 7) is 12.1. The van der Waals surface area contributed by atoms with Crippen molar-refractivity contribution in [2.45, 2.75) is 51.4 Å². The smallest absolute Gasteiger partial charge is 0.338 e. The number of ether oxygens (including phenoxy) is 1. The van der Waals surface area contributed by atoms with Gasteiger partial charge in [-0.3, -0.25) is 9.59 Å². The third-order valence-electron chi connectivity index (χ3n) is 6.11. The maximum absolute atomic E-state index is 14.4. The predicted octanol–water partition coefficient (Wildman–Crippen LogP) is 5.34. The van der Waals surface area contributed by atoms with E-state index in [9.17, 15) is 18.8 Å². The monoisotopic (exact) mass is 441 g/mol. The number of carbonyl (C=O) groups excluding carboxylic acids is 3. The Morgan fingerprint density at radius 1 is 1.09 bits per heavy atom. The normalized spacial score (nSPS) is 15.9. The zero-order valence-corrected chi connectivity index (χ0v) is 18.9. The Balaban J connectivity index is 1.80. The summed E-state index contributed by atoms with van der Waals surface area (Å²) in [4.78, 5) is 37.2. The second-order valence-corrected chi connectivity index (χ2v) is 9.39. The second kappa shape index (κ2) is 8.69. The lowest BCUT2D eigenvalue weighted by Gasteiger charge is -2.42. The minimum atomic E-state index is -0.946. The van der Waals surface area contributed by atoms with E-state index in [0.29, 0.717) is 0 Å². The fourth-order valence-electron chi connectivity index (χ4n) is 4.00.